The Bertz CT molecular complexity index is 1110. The Hall–Kier alpha value is -3.01. The van der Waals surface area contributed by atoms with Gasteiger partial charge < -0.3 is 10.2 Å². The average Bonchev–Trinajstić information content (AvgIpc) is 2.77. The molecule has 2 amide bonds. The Morgan fingerprint density at radius 3 is 2.26 bits per heavy atom. The fraction of sp³-hybridized carbons (Fsp3) is 0.417. The molecule has 0 bridgehead atoms. The Morgan fingerprint density at radius 2 is 1.71 bits per heavy atom. The number of halogens is 2. The van der Waals surface area contributed by atoms with E-state index in [0.717, 1.165) is 48.4 Å². The molecule has 0 saturated carbocycles. The largest absolute Gasteiger partial charge is 0.354 e. The van der Waals surface area contributed by atoms with Crippen molar-refractivity contribution in [2.24, 2.45) is 0 Å². The molecule has 0 heterocycles. The summed E-state index contributed by atoms with van der Waals surface area (Å²) in [6.45, 7) is 5.31. The molecular formula is C24H31F2N3O4S. The van der Waals surface area contributed by atoms with Gasteiger partial charge in [-0.1, -0.05) is 43.2 Å². The van der Waals surface area contributed by atoms with Crippen LogP contribution in [-0.2, 0) is 26.2 Å². The summed E-state index contributed by atoms with van der Waals surface area (Å²) < 4.78 is 52.7. The van der Waals surface area contributed by atoms with Gasteiger partial charge in [0, 0.05) is 19.2 Å². The summed E-state index contributed by atoms with van der Waals surface area (Å²) in [4.78, 5) is 27.3. The first-order valence-electron chi connectivity index (χ1n) is 11.0. The van der Waals surface area contributed by atoms with Crippen LogP contribution in [0.15, 0.2) is 42.5 Å². The number of nitrogens with zero attached hydrogens (tertiary/aromatic N) is 2. The van der Waals surface area contributed by atoms with Crippen molar-refractivity contribution in [3.63, 3.8) is 0 Å². The molecule has 2 aromatic carbocycles. The van der Waals surface area contributed by atoms with Gasteiger partial charge in [0.2, 0.25) is 21.8 Å². The van der Waals surface area contributed by atoms with E-state index in [4.69, 9.17) is 0 Å². The van der Waals surface area contributed by atoms with E-state index in [1.165, 1.54) is 4.90 Å². The highest BCUT2D eigenvalue weighted by Crippen LogP contribution is 2.21. The SMILES string of the molecule is CCCCNC(=O)[C@@H](C)N(Cc1ccc(C)cc1)C(=O)CN(c1ccc(F)c(F)c1)S(C)(=O)=O. The van der Waals surface area contributed by atoms with Crippen LogP contribution < -0.4 is 9.62 Å². The Morgan fingerprint density at radius 1 is 1.06 bits per heavy atom. The van der Waals surface area contributed by atoms with Gasteiger partial charge in [0.05, 0.1) is 11.9 Å². The Balaban J connectivity index is 2.35. The molecule has 0 aliphatic rings. The van der Waals surface area contributed by atoms with Gasteiger partial charge in [0.15, 0.2) is 11.6 Å². The van der Waals surface area contributed by atoms with Crippen molar-refractivity contribution < 1.29 is 26.8 Å². The fourth-order valence-electron chi connectivity index (χ4n) is 3.26. The lowest BCUT2D eigenvalue weighted by atomic mass is 10.1. The van der Waals surface area contributed by atoms with Crippen LogP contribution in [0, 0.1) is 18.6 Å². The molecule has 0 radical (unpaired) electrons. The summed E-state index contributed by atoms with van der Waals surface area (Å²) in [5.74, 6) is -3.40. The van der Waals surface area contributed by atoms with E-state index in [0.29, 0.717) is 10.8 Å². The molecule has 1 N–H and O–H groups in total. The monoisotopic (exact) mass is 495 g/mol. The van der Waals surface area contributed by atoms with Gasteiger partial charge >= 0.3 is 0 Å². The topological polar surface area (TPSA) is 86.8 Å². The van der Waals surface area contributed by atoms with Gasteiger partial charge in [0.25, 0.3) is 0 Å². The maximum absolute atomic E-state index is 13.8. The van der Waals surface area contributed by atoms with Crippen molar-refractivity contribution in [2.75, 3.05) is 23.7 Å². The Kier molecular flexibility index (Phi) is 9.55. The highest BCUT2D eigenvalue weighted by Gasteiger charge is 2.30. The first-order valence-corrected chi connectivity index (χ1v) is 12.8. The minimum absolute atomic E-state index is 0.0663. The molecule has 1 atom stereocenters. The van der Waals surface area contributed by atoms with E-state index >= 15 is 0 Å². The molecule has 0 saturated heterocycles. The molecule has 10 heteroatoms. The number of amides is 2. The van der Waals surface area contributed by atoms with Crippen LogP contribution in [0.4, 0.5) is 14.5 Å². The number of carbonyl (C=O) groups is 2. The van der Waals surface area contributed by atoms with E-state index in [2.05, 4.69) is 5.32 Å². The van der Waals surface area contributed by atoms with Crippen LogP contribution in [0.5, 0.6) is 0 Å². The van der Waals surface area contributed by atoms with Crippen LogP contribution in [0.3, 0.4) is 0 Å². The lowest BCUT2D eigenvalue weighted by molar-refractivity contribution is -0.139. The molecule has 2 aromatic rings. The van der Waals surface area contributed by atoms with Crippen LogP contribution in [-0.4, -0.2) is 50.5 Å². The summed E-state index contributed by atoms with van der Waals surface area (Å²) in [5, 5.41) is 2.79. The summed E-state index contributed by atoms with van der Waals surface area (Å²) in [5.41, 5.74) is 1.59. The van der Waals surface area contributed by atoms with Crippen LogP contribution in [0.1, 0.15) is 37.8 Å². The summed E-state index contributed by atoms with van der Waals surface area (Å²) in [6.07, 6.45) is 2.54. The lowest BCUT2D eigenvalue weighted by Crippen LogP contribution is -2.51. The first kappa shape index (κ1) is 27.2. The second kappa shape index (κ2) is 11.9. The minimum Gasteiger partial charge on any atom is -0.354 e. The standard InChI is InChI=1S/C24H31F2N3O4S/c1-5-6-13-27-24(31)18(3)28(15-19-9-7-17(2)8-10-19)23(30)16-29(34(4,32)33)20-11-12-21(25)22(26)14-20/h7-12,14,18H,5-6,13,15-16H2,1-4H3,(H,27,31)/t18-/m1/s1. The predicted octanol–water partition coefficient (Wildman–Crippen LogP) is 3.37. The van der Waals surface area contributed by atoms with Gasteiger partial charge in [-0.15, -0.1) is 0 Å². The highest BCUT2D eigenvalue weighted by atomic mass is 32.2. The third-order valence-electron chi connectivity index (χ3n) is 5.34. The van der Waals surface area contributed by atoms with Crippen molar-refractivity contribution in [2.45, 2.75) is 46.2 Å². The molecule has 34 heavy (non-hydrogen) atoms. The molecule has 0 aromatic heterocycles. The molecule has 0 spiro atoms. The van der Waals surface area contributed by atoms with Gasteiger partial charge in [-0.25, -0.2) is 17.2 Å². The Labute approximate surface area is 199 Å². The average molecular weight is 496 g/mol. The maximum atomic E-state index is 13.8. The number of carbonyl (C=O) groups excluding carboxylic acids is 2. The molecule has 0 aliphatic carbocycles. The number of anilines is 1. The van der Waals surface area contributed by atoms with E-state index in [-0.39, 0.29) is 18.1 Å². The molecular weight excluding hydrogens is 464 g/mol. The second-order valence-electron chi connectivity index (χ2n) is 8.20. The number of aryl methyl sites for hydroxylation is 1. The second-order valence-corrected chi connectivity index (χ2v) is 10.1. The maximum Gasteiger partial charge on any atom is 0.244 e. The van der Waals surface area contributed by atoms with E-state index < -0.39 is 40.2 Å². The van der Waals surface area contributed by atoms with Gasteiger partial charge in [0.1, 0.15) is 12.6 Å². The third kappa shape index (κ3) is 7.51. The minimum atomic E-state index is -4.02. The fourth-order valence-corrected chi connectivity index (χ4v) is 4.10. The highest BCUT2D eigenvalue weighted by molar-refractivity contribution is 7.92. The summed E-state index contributed by atoms with van der Waals surface area (Å²) in [6, 6.07) is 9.08. The molecule has 0 aliphatic heterocycles. The number of nitrogens with one attached hydrogen (secondary N) is 1. The number of hydrogen-bond acceptors (Lipinski definition) is 4. The normalized spacial score (nSPS) is 12.2. The molecule has 0 unspecified atom stereocenters. The van der Waals surface area contributed by atoms with Crippen LogP contribution in [0.2, 0.25) is 0 Å². The summed E-state index contributed by atoms with van der Waals surface area (Å²) >= 11 is 0. The van der Waals surface area contributed by atoms with Gasteiger partial charge in [-0.05, 0) is 38.0 Å². The number of rotatable bonds is 11. The van der Waals surface area contributed by atoms with Crippen LogP contribution >= 0.6 is 0 Å². The van der Waals surface area contributed by atoms with Crippen molar-refractivity contribution >= 4 is 27.5 Å². The molecule has 0 fully saturated rings. The predicted molar refractivity (Wildman–Crippen MR) is 128 cm³/mol. The van der Waals surface area contributed by atoms with Crippen LogP contribution in [0.25, 0.3) is 0 Å². The van der Waals surface area contributed by atoms with E-state index in [9.17, 15) is 26.8 Å². The van der Waals surface area contributed by atoms with E-state index in [1.54, 1.807) is 6.92 Å². The van der Waals surface area contributed by atoms with Crippen molar-refractivity contribution in [3.05, 3.63) is 65.2 Å². The molecule has 2 rings (SSSR count). The van der Waals surface area contributed by atoms with Crippen molar-refractivity contribution in [3.8, 4) is 0 Å². The van der Waals surface area contributed by atoms with Crippen molar-refractivity contribution in [1.82, 2.24) is 10.2 Å². The number of benzene rings is 2. The lowest BCUT2D eigenvalue weighted by Gasteiger charge is -2.31. The number of hydrogen-bond donors (Lipinski definition) is 1. The number of unbranched alkanes of at least 4 members (excludes halogenated alkanes) is 1. The van der Waals surface area contributed by atoms with E-state index in [1.807, 2.05) is 38.1 Å². The van der Waals surface area contributed by atoms with Gasteiger partial charge in [-0.3, -0.25) is 13.9 Å². The zero-order valence-corrected chi connectivity index (χ0v) is 20.7. The molecule has 7 nitrogen and oxygen atoms in total. The smallest absolute Gasteiger partial charge is 0.244 e. The third-order valence-corrected chi connectivity index (χ3v) is 6.48. The zero-order chi connectivity index (χ0) is 25.5. The summed E-state index contributed by atoms with van der Waals surface area (Å²) in [7, 11) is -4.02. The van der Waals surface area contributed by atoms with Crippen molar-refractivity contribution in [1.29, 1.82) is 0 Å². The molecule has 186 valence electrons. The van der Waals surface area contributed by atoms with Gasteiger partial charge in [-0.2, -0.15) is 0 Å². The first-order chi connectivity index (χ1) is 15.9. The number of sulfonamides is 1. The zero-order valence-electron chi connectivity index (χ0n) is 19.8. The quantitative estimate of drug-likeness (QED) is 0.485.